The first-order valence-corrected chi connectivity index (χ1v) is 9.81. The van der Waals surface area contributed by atoms with Crippen LogP contribution in [-0.4, -0.2) is 41.8 Å². The van der Waals surface area contributed by atoms with Gasteiger partial charge < -0.3 is 15.4 Å². The molecule has 158 valence electrons. The van der Waals surface area contributed by atoms with E-state index in [1.54, 1.807) is 24.2 Å². The Balaban J connectivity index is 1.60. The van der Waals surface area contributed by atoms with Gasteiger partial charge in [0.25, 0.3) is 0 Å². The zero-order valence-corrected chi connectivity index (χ0v) is 17.8. The number of aryl methyl sites for hydroxylation is 3. The summed E-state index contributed by atoms with van der Waals surface area (Å²) in [7, 11) is 1.62. The van der Waals surface area contributed by atoms with E-state index in [9.17, 15) is 0 Å². The van der Waals surface area contributed by atoms with Crippen LogP contribution in [-0.2, 0) is 6.54 Å². The number of aromatic nitrogens is 7. The van der Waals surface area contributed by atoms with Crippen LogP contribution in [0, 0.1) is 13.8 Å². The van der Waals surface area contributed by atoms with E-state index >= 15 is 0 Å². The van der Waals surface area contributed by atoms with E-state index in [1.807, 2.05) is 45.0 Å². The van der Waals surface area contributed by atoms with Gasteiger partial charge in [-0.3, -0.25) is 4.68 Å². The minimum absolute atomic E-state index is 0.599. The maximum Gasteiger partial charge on any atom is 0.184 e. The molecule has 2 N–H and O–H groups in total. The largest absolute Gasteiger partial charge is 0.494 e. The molecule has 0 saturated heterocycles. The maximum absolute atomic E-state index is 5.67. The third-order valence-electron chi connectivity index (χ3n) is 4.47. The summed E-state index contributed by atoms with van der Waals surface area (Å²) in [6.07, 6.45) is 3.18. The van der Waals surface area contributed by atoms with Gasteiger partial charge in [-0.25, -0.2) is 24.9 Å². The molecule has 0 fully saturated rings. The van der Waals surface area contributed by atoms with Crippen LogP contribution in [0.2, 0.25) is 0 Å². The minimum Gasteiger partial charge on any atom is -0.494 e. The fourth-order valence-electron chi connectivity index (χ4n) is 3.15. The van der Waals surface area contributed by atoms with E-state index in [4.69, 9.17) is 4.74 Å². The van der Waals surface area contributed by atoms with Crippen LogP contribution in [0.3, 0.4) is 0 Å². The zero-order valence-electron chi connectivity index (χ0n) is 17.8. The molecular weight excluding hydrogens is 394 g/mol. The van der Waals surface area contributed by atoms with E-state index in [1.165, 1.54) is 6.33 Å². The molecule has 0 radical (unpaired) electrons. The van der Waals surface area contributed by atoms with Crippen molar-refractivity contribution in [3.8, 4) is 17.1 Å². The number of para-hydroxylation sites is 1. The molecular formula is C21H23N9O. The molecule has 0 bridgehead atoms. The Hall–Kier alpha value is -4.08. The molecule has 0 saturated carbocycles. The predicted molar refractivity (Wildman–Crippen MR) is 118 cm³/mol. The monoisotopic (exact) mass is 417 g/mol. The summed E-state index contributed by atoms with van der Waals surface area (Å²) in [5.41, 5.74) is 2.41. The van der Waals surface area contributed by atoms with Crippen molar-refractivity contribution in [1.82, 2.24) is 34.7 Å². The number of hydrogen-bond acceptors (Lipinski definition) is 9. The van der Waals surface area contributed by atoms with Crippen LogP contribution in [0.4, 0.5) is 23.1 Å². The number of rotatable bonds is 7. The number of anilines is 4. The summed E-state index contributed by atoms with van der Waals surface area (Å²) < 4.78 is 7.44. The molecule has 4 aromatic rings. The molecule has 10 nitrogen and oxygen atoms in total. The van der Waals surface area contributed by atoms with Gasteiger partial charge in [-0.05, 0) is 32.9 Å². The SMILES string of the molecule is CCn1cnc(-c2cccc(Nc3cc(Nc4cc(C)nc(C)n4)ncn3)c2OC)n1. The Morgan fingerprint density at radius 2 is 1.77 bits per heavy atom. The lowest BCUT2D eigenvalue weighted by atomic mass is 10.1. The zero-order chi connectivity index (χ0) is 21.8. The first kappa shape index (κ1) is 20.2. The summed E-state index contributed by atoms with van der Waals surface area (Å²) >= 11 is 0. The average molecular weight is 417 g/mol. The number of nitrogens with one attached hydrogen (secondary N) is 2. The van der Waals surface area contributed by atoms with E-state index in [0.29, 0.717) is 34.9 Å². The maximum atomic E-state index is 5.67. The van der Waals surface area contributed by atoms with Crippen molar-refractivity contribution in [1.29, 1.82) is 0 Å². The van der Waals surface area contributed by atoms with E-state index in [-0.39, 0.29) is 0 Å². The topological polar surface area (TPSA) is 116 Å². The van der Waals surface area contributed by atoms with E-state index in [2.05, 4.69) is 40.7 Å². The highest BCUT2D eigenvalue weighted by atomic mass is 16.5. The van der Waals surface area contributed by atoms with Crippen LogP contribution in [0.15, 0.2) is 43.0 Å². The first-order chi connectivity index (χ1) is 15.1. The van der Waals surface area contributed by atoms with E-state index < -0.39 is 0 Å². The fraction of sp³-hybridized carbons (Fsp3) is 0.238. The fourth-order valence-corrected chi connectivity index (χ4v) is 3.15. The molecule has 0 atom stereocenters. The molecule has 0 spiro atoms. The number of benzene rings is 1. The Kier molecular flexibility index (Phi) is 5.69. The summed E-state index contributed by atoms with van der Waals surface area (Å²) in [5, 5.41) is 11.0. The van der Waals surface area contributed by atoms with Gasteiger partial charge in [0.05, 0.1) is 18.4 Å². The normalized spacial score (nSPS) is 10.7. The number of hydrogen-bond donors (Lipinski definition) is 2. The molecule has 4 rings (SSSR count). The average Bonchev–Trinajstić information content (AvgIpc) is 3.22. The predicted octanol–water partition coefficient (Wildman–Crippen LogP) is 3.66. The highest BCUT2D eigenvalue weighted by Crippen LogP contribution is 2.36. The molecule has 31 heavy (non-hydrogen) atoms. The van der Waals surface area contributed by atoms with Crippen LogP contribution < -0.4 is 15.4 Å². The van der Waals surface area contributed by atoms with Crippen molar-refractivity contribution in [2.45, 2.75) is 27.3 Å². The Labute approximate surface area is 179 Å². The van der Waals surface area contributed by atoms with Crippen LogP contribution >= 0.6 is 0 Å². The Bertz CT molecular complexity index is 1180. The lowest BCUT2D eigenvalue weighted by molar-refractivity contribution is 0.418. The van der Waals surface area contributed by atoms with Crippen molar-refractivity contribution in [3.05, 3.63) is 54.5 Å². The number of methoxy groups -OCH3 is 1. The molecule has 0 amide bonds. The van der Waals surface area contributed by atoms with Crippen LogP contribution in [0.1, 0.15) is 18.4 Å². The Morgan fingerprint density at radius 1 is 0.968 bits per heavy atom. The van der Waals surface area contributed by atoms with Gasteiger partial charge in [-0.2, -0.15) is 5.10 Å². The van der Waals surface area contributed by atoms with Gasteiger partial charge >= 0.3 is 0 Å². The van der Waals surface area contributed by atoms with Crippen molar-refractivity contribution in [2.24, 2.45) is 0 Å². The van der Waals surface area contributed by atoms with Gasteiger partial charge in [-0.1, -0.05) is 6.07 Å². The lowest BCUT2D eigenvalue weighted by Gasteiger charge is -2.14. The second kappa shape index (κ2) is 8.74. The third-order valence-corrected chi connectivity index (χ3v) is 4.47. The van der Waals surface area contributed by atoms with Gasteiger partial charge in [0, 0.05) is 24.4 Å². The van der Waals surface area contributed by atoms with Gasteiger partial charge in [0.2, 0.25) is 0 Å². The number of ether oxygens (including phenoxy) is 1. The lowest BCUT2D eigenvalue weighted by Crippen LogP contribution is -2.03. The molecule has 0 aliphatic rings. The second-order valence-electron chi connectivity index (χ2n) is 6.79. The molecule has 0 aliphatic carbocycles. The third kappa shape index (κ3) is 4.58. The smallest absolute Gasteiger partial charge is 0.184 e. The summed E-state index contributed by atoms with van der Waals surface area (Å²) in [4.78, 5) is 21.7. The molecule has 1 aromatic carbocycles. The summed E-state index contributed by atoms with van der Waals surface area (Å²) in [5.74, 6) is 3.80. The van der Waals surface area contributed by atoms with E-state index in [0.717, 1.165) is 23.5 Å². The summed E-state index contributed by atoms with van der Waals surface area (Å²) in [6, 6.07) is 9.40. The molecule has 0 aliphatic heterocycles. The van der Waals surface area contributed by atoms with Gasteiger partial charge in [-0.15, -0.1) is 0 Å². The highest BCUT2D eigenvalue weighted by Gasteiger charge is 2.15. The van der Waals surface area contributed by atoms with Crippen LogP contribution in [0.5, 0.6) is 5.75 Å². The standard InChI is InChI=1S/C21H23N9O/c1-5-30-12-24-21(29-30)15-7-6-8-16(20(15)31-4)27-17-10-18(23-11-22-17)28-19-9-13(2)25-14(3)26-19/h6-12H,5H2,1-4H3,(H2,22,23,25,26,27,28). The quantitative estimate of drug-likeness (QED) is 0.465. The van der Waals surface area contributed by atoms with Crippen molar-refractivity contribution in [3.63, 3.8) is 0 Å². The molecule has 10 heteroatoms. The van der Waals surface area contributed by atoms with Crippen LogP contribution in [0.25, 0.3) is 11.4 Å². The van der Waals surface area contributed by atoms with Gasteiger partial charge in [0.1, 0.15) is 35.9 Å². The highest BCUT2D eigenvalue weighted by molar-refractivity contribution is 5.77. The number of nitrogens with zero attached hydrogens (tertiary/aromatic N) is 7. The van der Waals surface area contributed by atoms with Gasteiger partial charge in [0.15, 0.2) is 11.6 Å². The van der Waals surface area contributed by atoms with Crippen molar-refractivity contribution < 1.29 is 4.74 Å². The Morgan fingerprint density at radius 3 is 2.48 bits per heavy atom. The second-order valence-corrected chi connectivity index (χ2v) is 6.79. The molecule has 3 aromatic heterocycles. The summed E-state index contributed by atoms with van der Waals surface area (Å²) in [6.45, 7) is 6.53. The first-order valence-electron chi connectivity index (χ1n) is 9.81. The van der Waals surface area contributed by atoms with Crippen molar-refractivity contribution >= 4 is 23.1 Å². The van der Waals surface area contributed by atoms with Crippen molar-refractivity contribution in [2.75, 3.05) is 17.7 Å². The molecule has 3 heterocycles. The molecule has 0 unspecified atom stereocenters. The minimum atomic E-state index is 0.599.